The highest BCUT2D eigenvalue weighted by Crippen LogP contribution is 2.21. The number of nitrogens with one attached hydrogen (secondary N) is 2. The smallest absolute Gasteiger partial charge is 0.339 e. The molecule has 0 unspecified atom stereocenters. The minimum Gasteiger partial charge on any atom is -0.468 e. The summed E-state index contributed by atoms with van der Waals surface area (Å²) in [6.45, 7) is 0.758. The fourth-order valence-electron chi connectivity index (χ4n) is 1.99. The van der Waals surface area contributed by atoms with Crippen LogP contribution in [0.2, 0.25) is 5.02 Å². The first-order valence-corrected chi connectivity index (χ1v) is 9.57. The van der Waals surface area contributed by atoms with E-state index in [0.717, 1.165) is 30.2 Å². The second-order valence-corrected chi connectivity index (χ2v) is 6.97. The van der Waals surface area contributed by atoms with E-state index < -0.39 is 5.97 Å². The molecule has 0 spiro atoms. The molecule has 8 heteroatoms. The van der Waals surface area contributed by atoms with Gasteiger partial charge in [0.15, 0.2) is 5.11 Å². The molecular formula is C17H19ClN2O3S2. The van der Waals surface area contributed by atoms with E-state index in [-0.39, 0.29) is 0 Å². The van der Waals surface area contributed by atoms with Crippen molar-refractivity contribution in [2.45, 2.75) is 12.2 Å². The molecule has 25 heavy (non-hydrogen) atoms. The summed E-state index contributed by atoms with van der Waals surface area (Å²) in [7, 11) is 1.31. The fraction of sp³-hybridized carbons (Fsp3) is 0.294. The highest BCUT2D eigenvalue weighted by Gasteiger charge is 2.11. The average Bonchev–Trinajstić information content (AvgIpc) is 3.12. The third-order valence-electron chi connectivity index (χ3n) is 3.20. The number of methoxy groups -OCH3 is 1. The Kier molecular flexibility index (Phi) is 8.11. The molecule has 1 aromatic heterocycles. The first-order chi connectivity index (χ1) is 12.1. The molecule has 2 rings (SSSR count). The summed E-state index contributed by atoms with van der Waals surface area (Å²) in [5.41, 5.74) is 0.973. The van der Waals surface area contributed by atoms with Gasteiger partial charge in [-0.3, -0.25) is 0 Å². The van der Waals surface area contributed by atoms with Crippen molar-refractivity contribution in [3.8, 4) is 0 Å². The highest BCUT2D eigenvalue weighted by molar-refractivity contribution is 7.98. The number of halogens is 1. The van der Waals surface area contributed by atoms with E-state index in [0.29, 0.717) is 21.4 Å². The van der Waals surface area contributed by atoms with Gasteiger partial charge in [0.05, 0.1) is 29.7 Å². The van der Waals surface area contributed by atoms with Crippen molar-refractivity contribution in [3.63, 3.8) is 0 Å². The van der Waals surface area contributed by atoms with Gasteiger partial charge in [-0.25, -0.2) is 4.79 Å². The van der Waals surface area contributed by atoms with Crippen molar-refractivity contribution in [1.82, 2.24) is 5.32 Å². The first-order valence-electron chi connectivity index (χ1n) is 7.63. The van der Waals surface area contributed by atoms with Gasteiger partial charge in [0, 0.05) is 12.2 Å². The number of ether oxygens (including phenoxy) is 1. The van der Waals surface area contributed by atoms with Crippen molar-refractivity contribution in [2.75, 3.05) is 24.7 Å². The quantitative estimate of drug-likeness (QED) is 0.389. The Morgan fingerprint density at radius 1 is 1.40 bits per heavy atom. The maximum absolute atomic E-state index is 11.6. The number of rotatable bonds is 8. The summed E-state index contributed by atoms with van der Waals surface area (Å²) in [5, 5.41) is 7.00. The molecule has 0 fully saturated rings. The van der Waals surface area contributed by atoms with Gasteiger partial charge >= 0.3 is 5.97 Å². The number of benzene rings is 1. The van der Waals surface area contributed by atoms with Crippen molar-refractivity contribution in [3.05, 3.63) is 52.9 Å². The molecule has 134 valence electrons. The van der Waals surface area contributed by atoms with Gasteiger partial charge in [-0.2, -0.15) is 11.8 Å². The highest BCUT2D eigenvalue weighted by atomic mass is 35.5. The lowest BCUT2D eigenvalue weighted by Gasteiger charge is -2.11. The minimum absolute atomic E-state index is 0.297. The van der Waals surface area contributed by atoms with Crippen molar-refractivity contribution < 1.29 is 13.9 Å². The number of thiocarbonyl (C=S) groups is 1. The van der Waals surface area contributed by atoms with Gasteiger partial charge in [0.25, 0.3) is 0 Å². The fourth-order valence-corrected chi connectivity index (χ4v) is 3.26. The largest absolute Gasteiger partial charge is 0.468 e. The average molecular weight is 399 g/mol. The molecule has 5 nitrogen and oxygen atoms in total. The lowest BCUT2D eigenvalue weighted by Crippen LogP contribution is -2.29. The number of carbonyl (C=O) groups is 1. The third kappa shape index (κ3) is 6.61. The molecule has 0 aliphatic rings. The molecule has 0 bridgehead atoms. The van der Waals surface area contributed by atoms with Crippen LogP contribution >= 0.6 is 35.6 Å². The summed E-state index contributed by atoms with van der Waals surface area (Å²) in [4.78, 5) is 11.6. The van der Waals surface area contributed by atoms with Crippen molar-refractivity contribution in [1.29, 1.82) is 0 Å². The van der Waals surface area contributed by atoms with E-state index >= 15 is 0 Å². The van der Waals surface area contributed by atoms with Crippen LogP contribution < -0.4 is 10.6 Å². The standard InChI is InChI=1S/C17H19ClN2O3S2/c1-22-16(21)14-10-12(5-6-15(14)18)20-17(24)19-7-3-9-25-11-13-4-2-8-23-13/h2,4-6,8,10H,3,7,9,11H2,1H3,(H2,19,20,24). The van der Waals surface area contributed by atoms with E-state index in [4.69, 9.17) is 33.0 Å². The molecule has 2 aromatic rings. The SMILES string of the molecule is COC(=O)c1cc(NC(=S)NCCCSCc2ccco2)ccc1Cl. The monoisotopic (exact) mass is 398 g/mol. The molecule has 2 N–H and O–H groups in total. The molecule has 0 saturated carbocycles. The van der Waals surface area contributed by atoms with Gasteiger partial charge in [-0.05, 0) is 54.7 Å². The third-order valence-corrected chi connectivity index (χ3v) is 4.85. The van der Waals surface area contributed by atoms with Crippen molar-refractivity contribution in [2.24, 2.45) is 0 Å². The Balaban J connectivity index is 1.68. The summed E-state index contributed by atoms with van der Waals surface area (Å²) >= 11 is 13.1. The molecule has 0 amide bonds. The van der Waals surface area contributed by atoms with Crippen molar-refractivity contribution >= 4 is 52.3 Å². The number of furan rings is 1. The molecule has 0 radical (unpaired) electrons. The lowest BCUT2D eigenvalue weighted by atomic mass is 10.2. The van der Waals surface area contributed by atoms with E-state index in [1.165, 1.54) is 7.11 Å². The van der Waals surface area contributed by atoms with E-state index in [9.17, 15) is 4.79 Å². The van der Waals surface area contributed by atoms with Gasteiger partial charge in [-0.15, -0.1) is 0 Å². The number of thioether (sulfide) groups is 1. The Morgan fingerprint density at radius 2 is 2.24 bits per heavy atom. The maximum atomic E-state index is 11.6. The normalized spacial score (nSPS) is 10.3. The van der Waals surface area contributed by atoms with Crippen LogP contribution in [0, 0.1) is 0 Å². The van der Waals surface area contributed by atoms with E-state index in [1.54, 1.807) is 24.5 Å². The molecule has 1 aromatic carbocycles. The summed E-state index contributed by atoms with van der Waals surface area (Å²) in [6, 6.07) is 8.86. The topological polar surface area (TPSA) is 63.5 Å². The molecule has 0 saturated heterocycles. The van der Waals surface area contributed by atoms with Crippen LogP contribution in [0.3, 0.4) is 0 Å². The van der Waals surface area contributed by atoms with E-state index in [2.05, 4.69) is 10.6 Å². The van der Waals surface area contributed by atoms with Crippen LogP contribution in [-0.2, 0) is 10.5 Å². The lowest BCUT2D eigenvalue weighted by molar-refractivity contribution is 0.0601. The van der Waals surface area contributed by atoms with Crippen LogP contribution in [0.15, 0.2) is 41.0 Å². The van der Waals surface area contributed by atoms with Crippen LogP contribution in [0.1, 0.15) is 22.5 Å². The van der Waals surface area contributed by atoms with Crippen LogP contribution in [0.25, 0.3) is 0 Å². The van der Waals surface area contributed by atoms with Crippen LogP contribution in [-0.4, -0.2) is 30.5 Å². The zero-order chi connectivity index (χ0) is 18.1. The van der Waals surface area contributed by atoms with Gasteiger partial charge in [0.2, 0.25) is 0 Å². The summed E-state index contributed by atoms with van der Waals surface area (Å²) < 4.78 is 9.98. The van der Waals surface area contributed by atoms with Gasteiger partial charge in [0.1, 0.15) is 5.76 Å². The Bertz CT molecular complexity index is 708. The Morgan fingerprint density at radius 3 is 2.96 bits per heavy atom. The summed E-state index contributed by atoms with van der Waals surface area (Å²) in [6.07, 6.45) is 2.66. The van der Waals surface area contributed by atoms with Crippen LogP contribution in [0.4, 0.5) is 5.69 Å². The molecule has 0 aliphatic carbocycles. The molecular weight excluding hydrogens is 380 g/mol. The minimum atomic E-state index is -0.485. The number of anilines is 1. The van der Waals surface area contributed by atoms with E-state index in [1.807, 2.05) is 23.9 Å². The second-order valence-electron chi connectivity index (χ2n) is 5.05. The summed E-state index contributed by atoms with van der Waals surface area (Å²) in [5.74, 6) is 2.38. The van der Waals surface area contributed by atoms with Crippen LogP contribution in [0.5, 0.6) is 0 Å². The van der Waals surface area contributed by atoms with Gasteiger partial charge in [-0.1, -0.05) is 11.6 Å². The zero-order valence-electron chi connectivity index (χ0n) is 13.7. The number of carbonyl (C=O) groups excluding carboxylic acids is 1. The second kappa shape index (κ2) is 10.3. The Labute approximate surface area is 161 Å². The molecule has 1 heterocycles. The number of esters is 1. The maximum Gasteiger partial charge on any atom is 0.339 e. The zero-order valence-corrected chi connectivity index (χ0v) is 16.1. The predicted octanol–water partition coefficient (Wildman–Crippen LogP) is 4.33. The number of hydrogen-bond donors (Lipinski definition) is 2. The first kappa shape index (κ1) is 19.6. The molecule has 0 aliphatic heterocycles. The number of hydrogen-bond acceptors (Lipinski definition) is 5. The van der Waals surface area contributed by atoms with Gasteiger partial charge < -0.3 is 19.8 Å². The Hall–Kier alpha value is -1.70. The predicted molar refractivity (Wildman–Crippen MR) is 107 cm³/mol. The molecule has 0 atom stereocenters.